The van der Waals surface area contributed by atoms with Crippen LogP contribution in [0.3, 0.4) is 0 Å². The first kappa shape index (κ1) is 26.2. The third-order valence-electron chi connectivity index (χ3n) is 7.42. The van der Waals surface area contributed by atoms with Gasteiger partial charge in [-0.1, -0.05) is 53.6 Å². The van der Waals surface area contributed by atoms with Gasteiger partial charge in [0.25, 0.3) is 0 Å². The molecule has 4 nitrogen and oxygen atoms in total. The molecule has 0 aromatic heterocycles. The van der Waals surface area contributed by atoms with E-state index >= 15 is 0 Å². The lowest BCUT2D eigenvalue weighted by atomic mass is 9.88. The molecule has 33 heavy (non-hydrogen) atoms. The number of hydrogen-bond donors (Lipinski definition) is 2. The van der Waals surface area contributed by atoms with Crippen LogP contribution in [0.1, 0.15) is 58.1 Å². The number of fused-ring (bicyclic) bond motifs is 1. The SMILES string of the molecule is Cc1cccc(C[C@H](O)C=C[C@@H]2[C@H]3CC(CCOCCN(C(C)C)C(C)C)=C[C@H]3C[C@H]2O)c1. The zero-order valence-electron chi connectivity index (χ0n) is 21.3. The average Bonchev–Trinajstić information content (AvgIpc) is 3.24. The van der Waals surface area contributed by atoms with Crippen LogP contribution in [0.4, 0.5) is 0 Å². The van der Waals surface area contributed by atoms with E-state index in [-0.39, 0.29) is 12.0 Å². The van der Waals surface area contributed by atoms with E-state index in [0.717, 1.165) is 44.6 Å². The summed E-state index contributed by atoms with van der Waals surface area (Å²) in [6.45, 7) is 13.6. The van der Waals surface area contributed by atoms with Crippen molar-refractivity contribution in [1.29, 1.82) is 0 Å². The molecular formula is C29H45NO3. The predicted molar refractivity (Wildman–Crippen MR) is 136 cm³/mol. The van der Waals surface area contributed by atoms with Crippen molar-refractivity contribution in [3.63, 3.8) is 0 Å². The van der Waals surface area contributed by atoms with Gasteiger partial charge in [0, 0.05) is 31.0 Å². The van der Waals surface area contributed by atoms with E-state index < -0.39 is 6.10 Å². The van der Waals surface area contributed by atoms with Crippen LogP contribution >= 0.6 is 0 Å². The Morgan fingerprint density at radius 3 is 2.61 bits per heavy atom. The van der Waals surface area contributed by atoms with Crippen molar-refractivity contribution in [1.82, 2.24) is 4.90 Å². The van der Waals surface area contributed by atoms with E-state index in [4.69, 9.17) is 4.74 Å². The molecule has 0 unspecified atom stereocenters. The number of aliphatic hydroxyl groups is 2. The summed E-state index contributed by atoms with van der Waals surface area (Å²) < 4.78 is 5.96. The number of benzene rings is 1. The number of ether oxygens (including phenoxy) is 1. The van der Waals surface area contributed by atoms with E-state index in [1.165, 1.54) is 11.1 Å². The molecule has 1 aromatic rings. The van der Waals surface area contributed by atoms with Crippen LogP contribution < -0.4 is 0 Å². The molecule has 2 aliphatic carbocycles. The quantitative estimate of drug-likeness (QED) is 0.347. The summed E-state index contributed by atoms with van der Waals surface area (Å²) in [7, 11) is 0. The van der Waals surface area contributed by atoms with Gasteiger partial charge in [0.2, 0.25) is 0 Å². The summed E-state index contributed by atoms with van der Waals surface area (Å²) in [4.78, 5) is 2.46. The monoisotopic (exact) mass is 455 g/mol. The van der Waals surface area contributed by atoms with Crippen LogP contribution in [0.25, 0.3) is 0 Å². The molecule has 184 valence electrons. The molecule has 2 N–H and O–H groups in total. The molecule has 0 aliphatic heterocycles. The fourth-order valence-electron chi connectivity index (χ4n) is 5.78. The summed E-state index contributed by atoms with van der Waals surface area (Å²) in [5.41, 5.74) is 3.83. The Hall–Kier alpha value is -1.46. The lowest BCUT2D eigenvalue weighted by Gasteiger charge is -2.30. The number of hydrogen-bond acceptors (Lipinski definition) is 4. The Bertz CT molecular complexity index is 792. The maximum absolute atomic E-state index is 10.6. The van der Waals surface area contributed by atoms with Crippen molar-refractivity contribution in [3.8, 4) is 0 Å². The second-order valence-electron chi connectivity index (χ2n) is 10.7. The lowest BCUT2D eigenvalue weighted by Crippen LogP contribution is -2.39. The molecule has 5 atom stereocenters. The largest absolute Gasteiger partial charge is 0.392 e. The smallest absolute Gasteiger partial charge is 0.0761 e. The second kappa shape index (κ2) is 12.3. The van der Waals surface area contributed by atoms with Gasteiger partial charge in [0.15, 0.2) is 0 Å². The standard InChI is InChI=1S/C29H45NO3/c1-20(2)30(21(3)4)12-14-33-13-11-24-16-25-19-29(32)27(28(25)18-24)10-9-26(31)17-23-8-6-7-22(5)15-23/h6-10,15-16,20-21,25-29,31-32H,11-14,17-19H2,1-5H3/t25-,26+,27+,28-,29+/m0/s1. The third-order valence-corrected chi connectivity index (χ3v) is 7.42. The van der Waals surface area contributed by atoms with Gasteiger partial charge in [-0.3, -0.25) is 4.90 Å². The molecule has 2 aliphatic rings. The van der Waals surface area contributed by atoms with Crippen LogP contribution in [0.15, 0.2) is 48.1 Å². The van der Waals surface area contributed by atoms with Crippen molar-refractivity contribution in [2.24, 2.45) is 17.8 Å². The van der Waals surface area contributed by atoms with Crippen LogP contribution in [0, 0.1) is 24.7 Å². The first-order valence-corrected chi connectivity index (χ1v) is 12.9. The zero-order chi connectivity index (χ0) is 24.0. The number of aliphatic hydroxyl groups excluding tert-OH is 2. The normalized spacial score (nSPS) is 26.1. The van der Waals surface area contributed by atoms with Crippen molar-refractivity contribution in [3.05, 3.63) is 59.2 Å². The molecule has 0 radical (unpaired) electrons. The molecule has 1 aromatic carbocycles. The van der Waals surface area contributed by atoms with E-state index in [0.29, 0.717) is 30.3 Å². The molecule has 4 heteroatoms. The van der Waals surface area contributed by atoms with Crippen molar-refractivity contribution >= 4 is 0 Å². The molecule has 1 saturated carbocycles. The molecule has 0 bridgehead atoms. The zero-order valence-corrected chi connectivity index (χ0v) is 21.3. The highest BCUT2D eigenvalue weighted by atomic mass is 16.5. The molecule has 0 spiro atoms. The van der Waals surface area contributed by atoms with E-state index in [2.05, 4.69) is 69.9 Å². The maximum atomic E-state index is 10.6. The van der Waals surface area contributed by atoms with Gasteiger partial charge in [-0.05, 0) is 71.3 Å². The number of nitrogens with zero attached hydrogens (tertiary/aromatic N) is 1. The molecule has 3 rings (SSSR count). The van der Waals surface area contributed by atoms with Crippen molar-refractivity contribution < 1.29 is 14.9 Å². The average molecular weight is 456 g/mol. The maximum Gasteiger partial charge on any atom is 0.0761 e. The van der Waals surface area contributed by atoms with Crippen LogP contribution in [0.2, 0.25) is 0 Å². The Balaban J connectivity index is 1.43. The Kier molecular flexibility index (Phi) is 9.75. The van der Waals surface area contributed by atoms with E-state index in [1.807, 2.05) is 12.1 Å². The van der Waals surface area contributed by atoms with Crippen molar-refractivity contribution in [2.75, 3.05) is 19.8 Å². The summed E-state index contributed by atoms with van der Waals surface area (Å²) in [6, 6.07) is 9.36. The summed E-state index contributed by atoms with van der Waals surface area (Å²) >= 11 is 0. The Labute approximate surface area is 201 Å². The minimum Gasteiger partial charge on any atom is -0.392 e. The summed E-state index contributed by atoms with van der Waals surface area (Å²) in [5.74, 6) is 1.04. The van der Waals surface area contributed by atoms with Crippen molar-refractivity contribution in [2.45, 2.75) is 84.6 Å². The van der Waals surface area contributed by atoms with Gasteiger partial charge in [-0.25, -0.2) is 0 Å². The number of aryl methyl sites for hydroxylation is 1. The second-order valence-corrected chi connectivity index (χ2v) is 10.7. The summed E-state index contributed by atoms with van der Waals surface area (Å²) in [6.07, 6.45) is 9.01. The van der Waals surface area contributed by atoms with E-state index in [9.17, 15) is 10.2 Å². The van der Waals surface area contributed by atoms with Gasteiger partial charge in [-0.2, -0.15) is 0 Å². The predicted octanol–water partition coefficient (Wildman–Crippen LogP) is 4.92. The van der Waals surface area contributed by atoms with Gasteiger partial charge < -0.3 is 14.9 Å². The highest BCUT2D eigenvalue weighted by Crippen LogP contribution is 2.47. The van der Waals surface area contributed by atoms with Gasteiger partial charge in [0.1, 0.15) is 0 Å². The first-order valence-electron chi connectivity index (χ1n) is 12.9. The summed E-state index contributed by atoms with van der Waals surface area (Å²) in [5, 5.41) is 21.1. The Morgan fingerprint density at radius 1 is 1.15 bits per heavy atom. The topological polar surface area (TPSA) is 52.9 Å². The Morgan fingerprint density at radius 2 is 1.91 bits per heavy atom. The highest BCUT2D eigenvalue weighted by molar-refractivity contribution is 5.24. The van der Waals surface area contributed by atoms with E-state index in [1.54, 1.807) is 0 Å². The number of allylic oxidation sites excluding steroid dienone is 1. The minimum atomic E-state index is -0.517. The minimum absolute atomic E-state index is 0.127. The molecule has 1 fully saturated rings. The molecule has 0 heterocycles. The molecule has 0 amide bonds. The highest BCUT2D eigenvalue weighted by Gasteiger charge is 2.43. The molecule has 0 saturated heterocycles. The third kappa shape index (κ3) is 7.51. The van der Waals surface area contributed by atoms with Crippen LogP contribution in [0.5, 0.6) is 0 Å². The number of rotatable bonds is 12. The van der Waals surface area contributed by atoms with Gasteiger partial charge >= 0.3 is 0 Å². The van der Waals surface area contributed by atoms with Gasteiger partial charge in [0.05, 0.1) is 25.4 Å². The fourth-order valence-corrected chi connectivity index (χ4v) is 5.78. The van der Waals surface area contributed by atoms with Crippen LogP contribution in [-0.4, -0.2) is 59.2 Å². The van der Waals surface area contributed by atoms with Crippen LogP contribution in [-0.2, 0) is 11.2 Å². The van der Waals surface area contributed by atoms with Gasteiger partial charge in [-0.15, -0.1) is 0 Å². The lowest BCUT2D eigenvalue weighted by molar-refractivity contribution is 0.0796. The fraction of sp³-hybridized carbons (Fsp3) is 0.655. The first-order chi connectivity index (χ1) is 15.7. The molecular weight excluding hydrogens is 410 g/mol.